The minimum atomic E-state index is 0.0874. The van der Waals surface area contributed by atoms with Crippen molar-refractivity contribution in [1.82, 2.24) is 10.6 Å². The van der Waals surface area contributed by atoms with Crippen LogP contribution < -0.4 is 15.4 Å². The van der Waals surface area contributed by atoms with E-state index >= 15 is 0 Å². The first-order chi connectivity index (χ1) is 9.47. The summed E-state index contributed by atoms with van der Waals surface area (Å²) in [7, 11) is 0. The van der Waals surface area contributed by atoms with Gasteiger partial charge in [-0.25, -0.2) is 0 Å². The van der Waals surface area contributed by atoms with Crippen LogP contribution in [0.1, 0.15) is 39.7 Å². The highest BCUT2D eigenvalue weighted by Crippen LogP contribution is 2.14. The maximum absolute atomic E-state index is 11.5. The lowest BCUT2D eigenvalue weighted by molar-refractivity contribution is -0.121. The van der Waals surface area contributed by atoms with Crippen LogP contribution in [0, 0.1) is 0 Å². The molecule has 0 spiro atoms. The quantitative estimate of drug-likeness (QED) is 0.718. The first-order valence-electron chi connectivity index (χ1n) is 7.23. The van der Waals surface area contributed by atoms with Gasteiger partial charge < -0.3 is 15.4 Å². The van der Waals surface area contributed by atoms with E-state index in [0.29, 0.717) is 13.0 Å². The zero-order valence-electron chi connectivity index (χ0n) is 12.9. The second-order valence-corrected chi connectivity index (χ2v) is 5.46. The van der Waals surface area contributed by atoms with Gasteiger partial charge in [-0.1, -0.05) is 12.1 Å². The van der Waals surface area contributed by atoms with E-state index in [9.17, 15) is 4.79 Å². The molecule has 0 bridgehead atoms. The fourth-order valence-electron chi connectivity index (χ4n) is 1.83. The van der Waals surface area contributed by atoms with Crippen LogP contribution in [0.5, 0.6) is 5.75 Å². The first kappa shape index (κ1) is 16.5. The zero-order valence-corrected chi connectivity index (χ0v) is 12.9. The number of amides is 1. The number of carbonyl (C=O) groups is 1. The number of nitrogens with one attached hydrogen (secondary N) is 2. The second kappa shape index (κ2) is 8.59. The molecule has 1 amide bonds. The van der Waals surface area contributed by atoms with Crippen molar-refractivity contribution in [1.29, 1.82) is 0 Å². The van der Waals surface area contributed by atoms with E-state index < -0.39 is 0 Å². The molecule has 0 saturated heterocycles. The highest BCUT2D eigenvalue weighted by atomic mass is 16.5. The standard InChI is InChI=1S/C16H26N2O2/c1-12(2)18-16(19)8-9-17-11-14-6-5-7-15(10-14)20-13(3)4/h5-7,10,12-13,17H,8-9,11H2,1-4H3,(H,18,19). The average Bonchev–Trinajstić information content (AvgIpc) is 2.33. The van der Waals surface area contributed by atoms with Crippen molar-refractivity contribution >= 4 is 5.91 Å². The Morgan fingerprint density at radius 1 is 1.25 bits per heavy atom. The van der Waals surface area contributed by atoms with Gasteiger partial charge in [0.1, 0.15) is 5.75 Å². The zero-order chi connectivity index (χ0) is 15.0. The van der Waals surface area contributed by atoms with Crippen molar-refractivity contribution in [2.75, 3.05) is 6.54 Å². The first-order valence-corrected chi connectivity index (χ1v) is 7.23. The number of ether oxygens (including phenoxy) is 1. The molecule has 1 aromatic rings. The second-order valence-electron chi connectivity index (χ2n) is 5.46. The molecule has 4 nitrogen and oxygen atoms in total. The van der Waals surface area contributed by atoms with Gasteiger partial charge in [-0.15, -0.1) is 0 Å². The third-order valence-corrected chi connectivity index (χ3v) is 2.58. The van der Waals surface area contributed by atoms with Gasteiger partial charge in [0.25, 0.3) is 0 Å². The molecular formula is C16H26N2O2. The lowest BCUT2D eigenvalue weighted by atomic mass is 10.2. The molecule has 0 saturated carbocycles. The molecule has 0 unspecified atom stereocenters. The Hall–Kier alpha value is -1.55. The van der Waals surface area contributed by atoms with Crippen molar-refractivity contribution in [2.24, 2.45) is 0 Å². The van der Waals surface area contributed by atoms with E-state index in [1.807, 2.05) is 52.0 Å². The van der Waals surface area contributed by atoms with E-state index in [1.165, 1.54) is 0 Å². The van der Waals surface area contributed by atoms with Gasteiger partial charge >= 0.3 is 0 Å². The van der Waals surface area contributed by atoms with Crippen molar-refractivity contribution < 1.29 is 9.53 Å². The minimum absolute atomic E-state index is 0.0874. The van der Waals surface area contributed by atoms with Gasteiger partial charge in [-0.3, -0.25) is 4.79 Å². The number of rotatable bonds is 8. The van der Waals surface area contributed by atoms with Crippen molar-refractivity contribution in [3.63, 3.8) is 0 Å². The van der Waals surface area contributed by atoms with E-state index in [2.05, 4.69) is 10.6 Å². The number of benzene rings is 1. The Morgan fingerprint density at radius 3 is 2.65 bits per heavy atom. The van der Waals surface area contributed by atoms with Crippen molar-refractivity contribution in [2.45, 2.75) is 52.8 Å². The highest BCUT2D eigenvalue weighted by Gasteiger charge is 2.03. The summed E-state index contributed by atoms with van der Waals surface area (Å²) < 4.78 is 5.65. The number of hydrogen-bond acceptors (Lipinski definition) is 3. The predicted octanol–water partition coefficient (Wildman–Crippen LogP) is 2.48. The molecule has 0 radical (unpaired) electrons. The fraction of sp³-hybridized carbons (Fsp3) is 0.562. The number of carbonyl (C=O) groups excluding carboxylic acids is 1. The Bertz CT molecular complexity index is 417. The molecule has 2 N–H and O–H groups in total. The summed E-state index contributed by atoms with van der Waals surface area (Å²) in [6.45, 7) is 9.37. The Labute approximate surface area is 121 Å². The molecule has 1 rings (SSSR count). The van der Waals surface area contributed by atoms with Crippen LogP contribution in [0.4, 0.5) is 0 Å². The summed E-state index contributed by atoms with van der Waals surface area (Å²) in [4.78, 5) is 11.5. The normalized spacial score (nSPS) is 10.9. The molecule has 0 aliphatic carbocycles. The largest absolute Gasteiger partial charge is 0.491 e. The molecule has 0 heterocycles. The molecule has 0 aliphatic heterocycles. The summed E-state index contributed by atoms with van der Waals surface area (Å²) in [5.41, 5.74) is 1.16. The van der Waals surface area contributed by atoms with Gasteiger partial charge in [0, 0.05) is 25.6 Å². The van der Waals surface area contributed by atoms with Gasteiger partial charge in [0.2, 0.25) is 5.91 Å². The maximum atomic E-state index is 11.5. The third kappa shape index (κ3) is 7.14. The summed E-state index contributed by atoms with van der Waals surface area (Å²) in [6, 6.07) is 8.22. The molecule has 112 valence electrons. The lowest BCUT2D eigenvalue weighted by Gasteiger charge is -2.11. The minimum Gasteiger partial charge on any atom is -0.491 e. The van der Waals surface area contributed by atoms with Gasteiger partial charge in [-0.05, 0) is 45.4 Å². The van der Waals surface area contributed by atoms with E-state index in [1.54, 1.807) is 0 Å². The van der Waals surface area contributed by atoms with Gasteiger partial charge in [-0.2, -0.15) is 0 Å². The predicted molar refractivity (Wildman–Crippen MR) is 81.8 cm³/mol. The van der Waals surface area contributed by atoms with Gasteiger partial charge in [0.15, 0.2) is 0 Å². The van der Waals surface area contributed by atoms with Crippen LogP contribution >= 0.6 is 0 Å². The number of hydrogen-bond donors (Lipinski definition) is 2. The average molecular weight is 278 g/mol. The Kier molecular flexibility index (Phi) is 7.09. The molecular weight excluding hydrogens is 252 g/mol. The Morgan fingerprint density at radius 2 is 2.00 bits per heavy atom. The fourth-order valence-corrected chi connectivity index (χ4v) is 1.83. The monoisotopic (exact) mass is 278 g/mol. The molecule has 4 heteroatoms. The topological polar surface area (TPSA) is 50.4 Å². The van der Waals surface area contributed by atoms with Crippen LogP contribution in [0.3, 0.4) is 0 Å². The lowest BCUT2D eigenvalue weighted by Crippen LogP contribution is -2.32. The molecule has 0 aromatic heterocycles. The molecule has 0 fully saturated rings. The molecule has 0 aliphatic rings. The van der Waals surface area contributed by atoms with Crippen molar-refractivity contribution in [3.05, 3.63) is 29.8 Å². The SMILES string of the molecule is CC(C)NC(=O)CCNCc1cccc(OC(C)C)c1. The van der Waals surface area contributed by atoms with Crippen molar-refractivity contribution in [3.8, 4) is 5.75 Å². The van der Waals surface area contributed by atoms with E-state index in [4.69, 9.17) is 4.74 Å². The molecule has 20 heavy (non-hydrogen) atoms. The highest BCUT2D eigenvalue weighted by molar-refractivity contribution is 5.76. The van der Waals surface area contributed by atoms with Gasteiger partial charge in [0.05, 0.1) is 6.10 Å². The van der Waals surface area contributed by atoms with Crippen LogP contribution in [0.2, 0.25) is 0 Å². The molecule has 1 aromatic carbocycles. The third-order valence-electron chi connectivity index (χ3n) is 2.58. The van der Waals surface area contributed by atoms with Crippen LogP contribution in [-0.4, -0.2) is 24.6 Å². The summed E-state index contributed by atoms with van der Waals surface area (Å²) >= 11 is 0. The Balaban J connectivity index is 2.30. The molecule has 0 atom stereocenters. The summed E-state index contributed by atoms with van der Waals surface area (Å²) in [5.74, 6) is 0.973. The van der Waals surface area contributed by atoms with Crippen LogP contribution in [0.25, 0.3) is 0 Å². The van der Waals surface area contributed by atoms with E-state index in [-0.39, 0.29) is 18.1 Å². The summed E-state index contributed by atoms with van der Waals surface area (Å²) in [6.07, 6.45) is 0.679. The maximum Gasteiger partial charge on any atom is 0.221 e. The van der Waals surface area contributed by atoms with Crippen LogP contribution in [-0.2, 0) is 11.3 Å². The van der Waals surface area contributed by atoms with E-state index in [0.717, 1.165) is 17.9 Å². The smallest absolute Gasteiger partial charge is 0.221 e. The summed E-state index contributed by atoms with van der Waals surface area (Å²) in [5, 5.41) is 6.14. The van der Waals surface area contributed by atoms with Crippen LogP contribution in [0.15, 0.2) is 24.3 Å².